The second-order valence-corrected chi connectivity index (χ2v) is 4.66. The van der Waals surface area contributed by atoms with Crippen LogP contribution in [0.1, 0.15) is 6.92 Å². The summed E-state index contributed by atoms with van der Waals surface area (Å²) in [5.41, 5.74) is 0.688. The minimum absolute atomic E-state index is 0.210. The number of hydrogen-bond donors (Lipinski definition) is 1. The first kappa shape index (κ1) is 11.2. The van der Waals surface area contributed by atoms with Gasteiger partial charge >= 0.3 is 0 Å². The lowest BCUT2D eigenvalue weighted by Crippen LogP contribution is -2.61. The highest BCUT2D eigenvalue weighted by molar-refractivity contribution is 5.57. The molecule has 0 amide bonds. The Morgan fingerprint density at radius 2 is 2.06 bits per heavy atom. The Bertz CT molecular complexity index is 389. The fourth-order valence-corrected chi connectivity index (χ4v) is 1.75. The second kappa shape index (κ2) is 3.94. The van der Waals surface area contributed by atoms with Crippen LogP contribution in [0.5, 0.6) is 5.75 Å². The van der Waals surface area contributed by atoms with Crippen LogP contribution in [0.25, 0.3) is 0 Å². The summed E-state index contributed by atoms with van der Waals surface area (Å²) >= 11 is 0. The van der Waals surface area contributed by atoms with E-state index in [0.29, 0.717) is 5.75 Å². The van der Waals surface area contributed by atoms with Crippen LogP contribution in [0.15, 0.2) is 18.2 Å². The van der Waals surface area contributed by atoms with Crippen LogP contribution in [0.2, 0.25) is 0 Å². The maximum atomic E-state index is 13.2. The van der Waals surface area contributed by atoms with E-state index in [1.807, 2.05) is 25.9 Å². The van der Waals surface area contributed by atoms with Crippen LogP contribution in [0.4, 0.5) is 10.1 Å². The summed E-state index contributed by atoms with van der Waals surface area (Å²) in [5.74, 6) is 0.338. The Labute approximate surface area is 95.2 Å². The van der Waals surface area contributed by atoms with Gasteiger partial charge in [0.1, 0.15) is 17.2 Å². The van der Waals surface area contributed by atoms with E-state index in [2.05, 4.69) is 5.32 Å². The van der Waals surface area contributed by atoms with Gasteiger partial charge in [0.2, 0.25) is 0 Å². The SMILES string of the molecule is CN(C)c1ccc(F)cc1OC1(C)CNC1. The topological polar surface area (TPSA) is 24.5 Å². The van der Waals surface area contributed by atoms with Crippen molar-refractivity contribution in [2.45, 2.75) is 12.5 Å². The van der Waals surface area contributed by atoms with Gasteiger partial charge in [0.15, 0.2) is 0 Å². The van der Waals surface area contributed by atoms with Gasteiger partial charge in [-0.25, -0.2) is 4.39 Å². The minimum atomic E-state index is -0.267. The second-order valence-electron chi connectivity index (χ2n) is 4.66. The first-order valence-electron chi connectivity index (χ1n) is 5.37. The van der Waals surface area contributed by atoms with Crippen molar-refractivity contribution in [3.05, 3.63) is 24.0 Å². The molecule has 1 aromatic rings. The van der Waals surface area contributed by atoms with Crippen molar-refractivity contribution in [2.24, 2.45) is 0 Å². The zero-order valence-electron chi connectivity index (χ0n) is 9.88. The molecule has 1 fully saturated rings. The van der Waals surface area contributed by atoms with E-state index in [-0.39, 0.29) is 11.4 Å². The van der Waals surface area contributed by atoms with Crippen LogP contribution in [0, 0.1) is 5.82 Å². The molecule has 0 bridgehead atoms. The molecule has 1 aliphatic rings. The van der Waals surface area contributed by atoms with Crippen molar-refractivity contribution in [3.8, 4) is 5.75 Å². The molecular formula is C12H17FN2O. The van der Waals surface area contributed by atoms with Gasteiger partial charge in [0.25, 0.3) is 0 Å². The summed E-state index contributed by atoms with van der Waals surface area (Å²) in [7, 11) is 3.84. The van der Waals surface area contributed by atoms with Crippen molar-refractivity contribution < 1.29 is 9.13 Å². The van der Waals surface area contributed by atoms with Gasteiger partial charge in [-0.2, -0.15) is 0 Å². The Morgan fingerprint density at radius 1 is 1.38 bits per heavy atom. The number of anilines is 1. The Hall–Kier alpha value is -1.29. The zero-order chi connectivity index (χ0) is 11.8. The average molecular weight is 224 g/mol. The maximum Gasteiger partial charge on any atom is 0.146 e. The molecule has 0 saturated carbocycles. The summed E-state index contributed by atoms with van der Waals surface area (Å²) in [6.45, 7) is 3.63. The molecule has 0 spiro atoms. The molecule has 3 nitrogen and oxygen atoms in total. The number of halogens is 1. The Morgan fingerprint density at radius 3 is 2.56 bits per heavy atom. The molecule has 0 aromatic heterocycles. The Balaban J connectivity index is 2.26. The van der Waals surface area contributed by atoms with E-state index in [1.54, 1.807) is 6.07 Å². The largest absolute Gasteiger partial charge is 0.483 e. The van der Waals surface area contributed by atoms with Crippen molar-refractivity contribution in [1.82, 2.24) is 5.32 Å². The molecule has 0 atom stereocenters. The van der Waals surface area contributed by atoms with Gasteiger partial charge in [-0.15, -0.1) is 0 Å². The molecular weight excluding hydrogens is 207 g/mol. The minimum Gasteiger partial charge on any atom is -0.483 e. The molecule has 16 heavy (non-hydrogen) atoms. The average Bonchev–Trinajstić information content (AvgIpc) is 2.15. The lowest BCUT2D eigenvalue weighted by molar-refractivity contribution is 0.0351. The first-order valence-corrected chi connectivity index (χ1v) is 5.37. The Kier molecular flexibility index (Phi) is 2.76. The van der Waals surface area contributed by atoms with Crippen LogP contribution in [-0.2, 0) is 0 Å². The monoisotopic (exact) mass is 224 g/mol. The highest BCUT2D eigenvalue weighted by Gasteiger charge is 2.34. The van der Waals surface area contributed by atoms with Gasteiger partial charge in [-0.3, -0.25) is 0 Å². The number of ether oxygens (including phenoxy) is 1. The summed E-state index contributed by atoms with van der Waals surface area (Å²) < 4.78 is 19.1. The number of nitrogens with one attached hydrogen (secondary N) is 1. The molecule has 0 aliphatic carbocycles. The smallest absolute Gasteiger partial charge is 0.146 e. The van der Waals surface area contributed by atoms with E-state index in [4.69, 9.17) is 4.74 Å². The van der Waals surface area contributed by atoms with E-state index < -0.39 is 0 Å². The highest BCUT2D eigenvalue weighted by Crippen LogP contribution is 2.31. The molecule has 1 heterocycles. The summed E-state index contributed by atoms with van der Waals surface area (Å²) in [4.78, 5) is 1.92. The molecule has 0 radical (unpaired) electrons. The normalized spacial score (nSPS) is 17.8. The van der Waals surface area contributed by atoms with Crippen LogP contribution >= 0.6 is 0 Å². The van der Waals surface area contributed by atoms with Crippen molar-refractivity contribution in [2.75, 3.05) is 32.1 Å². The highest BCUT2D eigenvalue weighted by atomic mass is 19.1. The van der Waals surface area contributed by atoms with Crippen LogP contribution in [0.3, 0.4) is 0 Å². The van der Waals surface area contributed by atoms with Crippen LogP contribution in [-0.4, -0.2) is 32.8 Å². The number of hydrogen-bond acceptors (Lipinski definition) is 3. The van der Waals surface area contributed by atoms with Gasteiger partial charge < -0.3 is 15.0 Å². The molecule has 1 N–H and O–H groups in total. The van der Waals surface area contributed by atoms with Gasteiger partial charge in [-0.1, -0.05) is 0 Å². The van der Waals surface area contributed by atoms with E-state index in [0.717, 1.165) is 18.8 Å². The fraction of sp³-hybridized carbons (Fsp3) is 0.500. The summed E-state index contributed by atoms with van der Waals surface area (Å²) in [6.07, 6.45) is 0. The van der Waals surface area contributed by atoms with Crippen molar-refractivity contribution in [3.63, 3.8) is 0 Å². The lowest BCUT2D eigenvalue weighted by atomic mass is 10.00. The molecule has 2 rings (SSSR count). The molecule has 1 saturated heterocycles. The quantitative estimate of drug-likeness (QED) is 0.844. The standard InChI is InChI=1S/C12H17FN2O/c1-12(7-14-8-12)16-11-6-9(13)4-5-10(11)15(2)3/h4-6,14H,7-8H2,1-3H3. The van der Waals surface area contributed by atoms with E-state index in [1.165, 1.54) is 12.1 Å². The van der Waals surface area contributed by atoms with E-state index in [9.17, 15) is 4.39 Å². The van der Waals surface area contributed by atoms with Gasteiger partial charge in [0, 0.05) is 33.3 Å². The van der Waals surface area contributed by atoms with Gasteiger partial charge in [0.05, 0.1) is 5.69 Å². The predicted octanol–water partition coefficient (Wildman–Crippen LogP) is 1.63. The zero-order valence-corrected chi connectivity index (χ0v) is 9.88. The summed E-state index contributed by atoms with van der Waals surface area (Å²) in [5, 5.41) is 3.15. The fourth-order valence-electron chi connectivity index (χ4n) is 1.75. The predicted molar refractivity (Wildman–Crippen MR) is 62.6 cm³/mol. The number of rotatable bonds is 3. The first-order chi connectivity index (χ1) is 7.50. The third-order valence-electron chi connectivity index (χ3n) is 2.76. The third kappa shape index (κ3) is 2.11. The maximum absolute atomic E-state index is 13.2. The van der Waals surface area contributed by atoms with Crippen molar-refractivity contribution >= 4 is 5.69 Å². The van der Waals surface area contributed by atoms with Crippen LogP contribution < -0.4 is 15.0 Å². The van der Waals surface area contributed by atoms with Gasteiger partial charge in [-0.05, 0) is 19.1 Å². The van der Waals surface area contributed by atoms with Crippen molar-refractivity contribution in [1.29, 1.82) is 0 Å². The third-order valence-corrected chi connectivity index (χ3v) is 2.76. The number of benzene rings is 1. The molecule has 1 aromatic carbocycles. The molecule has 1 aliphatic heterocycles. The molecule has 4 heteroatoms. The lowest BCUT2D eigenvalue weighted by Gasteiger charge is -2.40. The molecule has 0 unspecified atom stereocenters. The number of nitrogens with zero attached hydrogens (tertiary/aromatic N) is 1. The summed E-state index contributed by atoms with van der Waals surface area (Å²) in [6, 6.07) is 4.63. The molecule has 88 valence electrons. The van der Waals surface area contributed by atoms with E-state index >= 15 is 0 Å².